The minimum absolute atomic E-state index is 0.177. The summed E-state index contributed by atoms with van der Waals surface area (Å²) in [6, 6.07) is 10.7. The van der Waals surface area contributed by atoms with Crippen molar-refractivity contribution in [1.29, 1.82) is 0 Å². The SMILES string of the molecule is NC1=NCC2(CCN3CCCC2C3)N1Cc1ccccc1. The van der Waals surface area contributed by atoms with Crippen LogP contribution < -0.4 is 5.73 Å². The van der Waals surface area contributed by atoms with E-state index in [9.17, 15) is 0 Å². The van der Waals surface area contributed by atoms with Crippen LogP contribution in [-0.4, -0.2) is 47.5 Å². The second-order valence-electron chi connectivity index (χ2n) is 6.74. The van der Waals surface area contributed by atoms with Crippen molar-refractivity contribution in [3.63, 3.8) is 0 Å². The summed E-state index contributed by atoms with van der Waals surface area (Å²) in [5, 5.41) is 0. The van der Waals surface area contributed by atoms with Crippen LogP contribution in [0.5, 0.6) is 0 Å². The van der Waals surface area contributed by atoms with Crippen LogP contribution in [0.2, 0.25) is 0 Å². The average Bonchev–Trinajstić information content (AvgIpc) is 2.84. The first-order valence-electron chi connectivity index (χ1n) is 8.12. The topological polar surface area (TPSA) is 44.9 Å². The van der Waals surface area contributed by atoms with Crippen molar-refractivity contribution in [2.75, 3.05) is 26.2 Å². The van der Waals surface area contributed by atoms with Crippen LogP contribution in [0.3, 0.4) is 0 Å². The molecule has 0 amide bonds. The molecular formula is C17H24N4. The molecule has 3 aliphatic rings. The third kappa shape index (κ3) is 2.13. The number of rotatable bonds is 2. The number of nitrogens with zero attached hydrogens (tertiary/aromatic N) is 3. The van der Waals surface area contributed by atoms with Gasteiger partial charge in [0.25, 0.3) is 0 Å². The molecule has 3 atom stereocenters. The fraction of sp³-hybridized carbons (Fsp3) is 0.588. The summed E-state index contributed by atoms with van der Waals surface area (Å²) in [5.41, 5.74) is 7.77. The highest BCUT2D eigenvalue weighted by Gasteiger charge is 2.51. The molecule has 1 aromatic carbocycles. The van der Waals surface area contributed by atoms with Crippen LogP contribution in [0, 0.1) is 5.92 Å². The number of piperidine rings is 2. The van der Waals surface area contributed by atoms with Crippen molar-refractivity contribution in [2.45, 2.75) is 31.3 Å². The van der Waals surface area contributed by atoms with Crippen molar-refractivity contribution in [2.24, 2.45) is 16.6 Å². The van der Waals surface area contributed by atoms with Crippen molar-refractivity contribution >= 4 is 5.96 Å². The van der Waals surface area contributed by atoms with Gasteiger partial charge in [0.05, 0.1) is 12.1 Å². The number of fused-ring (bicyclic) bond motifs is 3. The highest BCUT2D eigenvalue weighted by atomic mass is 15.4. The number of hydrogen-bond acceptors (Lipinski definition) is 4. The molecule has 4 heteroatoms. The maximum absolute atomic E-state index is 6.26. The Morgan fingerprint density at radius 1 is 1.24 bits per heavy atom. The number of hydrogen-bond donors (Lipinski definition) is 1. The lowest BCUT2D eigenvalue weighted by Gasteiger charge is -2.53. The smallest absolute Gasteiger partial charge is 0.192 e. The van der Waals surface area contributed by atoms with Crippen LogP contribution in [0.25, 0.3) is 0 Å². The summed E-state index contributed by atoms with van der Waals surface area (Å²) in [7, 11) is 0. The third-order valence-corrected chi connectivity index (χ3v) is 5.64. The molecule has 3 aliphatic heterocycles. The van der Waals surface area contributed by atoms with E-state index >= 15 is 0 Å². The molecule has 2 bridgehead atoms. The lowest BCUT2D eigenvalue weighted by Crippen LogP contribution is -2.63. The van der Waals surface area contributed by atoms with Gasteiger partial charge in [0.1, 0.15) is 0 Å². The highest BCUT2D eigenvalue weighted by Crippen LogP contribution is 2.42. The number of guanidine groups is 1. The molecule has 3 heterocycles. The first kappa shape index (κ1) is 13.1. The standard InChI is InChI=1S/C17H24N4/c18-16-19-13-17(8-10-20-9-4-7-15(17)12-20)21(16)11-14-5-2-1-3-6-14/h1-3,5-6,15H,4,7-13H2,(H2,18,19). The molecule has 0 aromatic heterocycles. The van der Waals surface area contributed by atoms with Gasteiger partial charge in [0.15, 0.2) is 5.96 Å². The molecule has 1 aromatic rings. The predicted molar refractivity (Wildman–Crippen MR) is 85.0 cm³/mol. The Hall–Kier alpha value is -1.55. The van der Waals surface area contributed by atoms with Gasteiger partial charge in [0.2, 0.25) is 0 Å². The van der Waals surface area contributed by atoms with Gasteiger partial charge in [-0.1, -0.05) is 30.3 Å². The van der Waals surface area contributed by atoms with E-state index in [4.69, 9.17) is 5.73 Å². The normalized spacial score (nSPS) is 35.0. The molecule has 112 valence electrons. The zero-order valence-corrected chi connectivity index (χ0v) is 12.5. The van der Waals surface area contributed by atoms with E-state index < -0.39 is 0 Å². The monoisotopic (exact) mass is 284 g/mol. The molecule has 4 rings (SSSR count). The molecular weight excluding hydrogens is 260 g/mol. The van der Waals surface area contributed by atoms with Gasteiger partial charge in [-0.15, -0.1) is 0 Å². The van der Waals surface area contributed by atoms with Crippen molar-refractivity contribution < 1.29 is 0 Å². The average molecular weight is 284 g/mol. The van der Waals surface area contributed by atoms with Crippen LogP contribution in [0.15, 0.2) is 35.3 Å². The summed E-state index contributed by atoms with van der Waals surface area (Å²) < 4.78 is 0. The fourth-order valence-electron chi connectivity index (χ4n) is 4.44. The Kier molecular flexibility index (Phi) is 3.14. The van der Waals surface area contributed by atoms with E-state index in [-0.39, 0.29) is 5.54 Å². The Morgan fingerprint density at radius 2 is 2.10 bits per heavy atom. The molecule has 2 saturated heterocycles. The Labute approximate surface area is 126 Å². The lowest BCUT2D eigenvalue weighted by molar-refractivity contribution is -0.00700. The summed E-state index contributed by atoms with van der Waals surface area (Å²) in [4.78, 5) is 9.67. The van der Waals surface area contributed by atoms with Gasteiger partial charge in [0, 0.05) is 19.6 Å². The van der Waals surface area contributed by atoms with Crippen LogP contribution in [-0.2, 0) is 6.54 Å². The Balaban J connectivity index is 1.62. The van der Waals surface area contributed by atoms with Gasteiger partial charge < -0.3 is 15.5 Å². The summed E-state index contributed by atoms with van der Waals surface area (Å²) >= 11 is 0. The van der Waals surface area contributed by atoms with Crippen LogP contribution in [0.1, 0.15) is 24.8 Å². The van der Waals surface area contributed by atoms with Gasteiger partial charge in [-0.2, -0.15) is 0 Å². The highest BCUT2D eigenvalue weighted by molar-refractivity contribution is 5.81. The molecule has 0 radical (unpaired) electrons. The van der Waals surface area contributed by atoms with Crippen molar-refractivity contribution in [3.05, 3.63) is 35.9 Å². The fourth-order valence-corrected chi connectivity index (χ4v) is 4.44. The van der Waals surface area contributed by atoms with E-state index in [1.54, 1.807) is 0 Å². The van der Waals surface area contributed by atoms with Gasteiger partial charge in [-0.05, 0) is 37.3 Å². The second-order valence-corrected chi connectivity index (χ2v) is 6.74. The lowest BCUT2D eigenvalue weighted by atomic mass is 9.72. The number of nitrogens with two attached hydrogens (primary N) is 1. The number of benzene rings is 1. The Morgan fingerprint density at radius 3 is 2.95 bits per heavy atom. The zero-order valence-electron chi connectivity index (χ0n) is 12.5. The minimum atomic E-state index is 0.177. The van der Waals surface area contributed by atoms with E-state index in [1.165, 1.54) is 44.5 Å². The van der Waals surface area contributed by atoms with E-state index in [1.807, 2.05) is 0 Å². The molecule has 1 spiro atoms. The predicted octanol–water partition coefficient (Wildman–Crippen LogP) is 1.67. The van der Waals surface area contributed by atoms with Crippen molar-refractivity contribution in [1.82, 2.24) is 9.80 Å². The summed E-state index contributed by atoms with van der Waals surface area (Å²) in [6.07, 6.45) is 3.85. The van der Waals surface area contributed by atoms with E-state index in [0.717, 1.165) is 19.0 Å². The van der Waals surface area contributed by atoms with E-state index in [2.05, 4.69) is 45.1 Å². The molecule has 2 fully saturated rings. The minimum Gasteiger partial charge on any atom is -0.370 e. The molecule has 3 unspecified atom stereocenters. The van der Waals surface area contributed by atoms with Crippen LogP contribution in [0.4, 0.5) is 0 Å². The third-order valence-electron chi connectivity index (χ3n) is 5.64. The molecule has 0 saturated carbocycles. The van der Waals surface area contributed by atoms with Gasteiger partial charge in [-0.3, -0.25) is 4.99 Å². The van der Waals surface area contributed by atoms with Gasteiger partial charge in [-0.25, -0.2) is 0 Å². The van der Waals surface area contributed by atoms with E-state index in [0.29, 0.717) is 5.92 Å². The molecule has 2 N–H and O–H groups in total. The molecule has 21 heavy (non-hydrogen) atoms. The first-order chi connectivity index (χ1) is 10.3. The summed E-state index contributed by atoms with van der Waals surface area (Å²) in [6.45, 7) is 5.50. The molecule has 0 aliphatic carbocycles. The maximum Gasteiger partial charge on any atom is 0.192 e. The second kappa shape index (κ2) is 5.02. The quantitative estimate of drug-likeness (QED) is 0.898. The number of aliphatic imine (C=N–C) groups is 1. The zero-order chi connectivity index (χ0) is 14.3. The molecule has 4 nitrogen and oxygen atoms in total. The summed E-state index contributed by atoms with van der Waals surface area (Å²) in [5.74, 6) is 1.46. The first-order valence-corrected chi connectivity index (χ1v) is 8.12. The van der Waals surface area contributed by atoms with Crippen molar-refractivity contribution in [3.8, 4) is 0 Å². The maximum atomic E-state index is 6.26. The Bertz CT molecular complexity index is 541. The largest absolute Gasteiger partial charge is 0.370 e. The van der Waals surface area contributed by atoms with Gasteiger partial charge >= 0.3 is 0 Å². The van der Waals surface area contributed by atoms with Crippen LogP contribution >= 0.6 is 0 Å².